The molecular weight excluding hydrogens is 349 g/mol. The van der Waals surface area contributed by atoms with E-state index in [1.165, 1.54) is 5.38 Å². The number of nitrogens with one attached hydrogen (secondary N) is 2. The van der Waals surface area contributed by atoms with Gasteiger partial charge >= 0.3 is 29.6 Å². The number of carbonyl (C=O) groups is 3. The van der Waals surface area contributed by atoms with Crippen LogP contribution in [-0.2, 0) is 4.79 Å². The minimum Gasteiger partial charge on any atom is -0.541 e. The van der Waals surface area contributed by atoms with Crippen LogP contribution in [-0.4, -0.2) is 27.8 Å². The number of amides is 1. The van der Waals surface area contributed by atoms with Gasteiger partial charge in [-0.3, -0.25) is 14.9 Å². The third kappa shape index (κ3) is 5.48. The van der Waals surface area contributed by atoms with E-state index in [1.807, 2.05) is 0 Å². The molecule has 1 aromatic heterocycles. The summed E-state index contributed by atoms with van der Waals surface area (Å²) in [5.41, 5.74) is 0.170. The van der Waals surface area contributed by atoms with Crippen molar-refractivity contribution in [3.63, 3.8) is 0 Å². The number of anilines is 1. The van der Waals surface area contributed by atoms with E-state index >= 15 is 0 Å². The zero-order valence-electron chi connectivity index (χ0n) is 11.9. The fourth-order valence-electron chi connectivity index (χ4n) is 1.43. The Balaban J connectivity index is 0.00000264. The van der Waals surface area contributed by atoms with Crippen LogP contribution in [0.1, 0.15) is 20.8 Å². The summed E-state index contributed by atoms with van der Waals surface area (Å²) in [6.45, 7) is 0. The number of aromatic nitrogens is 1. The molecule has 0 aliphatic heterocycles. The van der Waals surface area contributed by atoms with E-state index in [4.69, 9.17) is 12.2 Å². The van der Waals surface area contributed by atoms with Crippen LogP contribution in [0.2, 0.25) is 0 Å². The average Bonchev–Trinajstić information content (AvgIpc) is 2.95. The van der Waals surface area contributed by atoms with Gasteiger partial charge in [0.1, 0.15) is 11.7 Å². The molecule has 0 saturated heterocycles. The minimum absolute atomic E-state index is 0. The number of thiazole rings is 1. The number of ketones is 1. The summed E-state index contributed by atoms with van der Waals surface area (Å²) in [4.78, 5) is 37.2. The second-order valence-electron chi connectivity index (χ2n) is 3.93. The van der Waals surface area contributed by atoms with Crippen molar-refractivity contribution in [3.8, 4) is 0 Å². The van der Waals surface area contributed by atoms with Crippen LogP contribution >= 0.6 is 23.6 Å². The van der Waals surface area contributed by atoms with Gasteiger partial charge in [-0.05, 0) is 24.4 Å². The van der Waals surface area contributed by atoms with Gasteiger partial charge in [0.05, 0.1) is 0 Å². The molecule has 0 fully saturated rings. The maximum atomic E-state index is 11.9. The minimum atomic E-state index is -1.84. The maximum Gasteiger partial charge on any atom is 1.00 e. The Morgan fingerprint density at radius 1 is 1.17 bits per heavy atom. The average molecular weight is 357 g/mol. The Morgan fingerprint density at radius 2 is 1.83 bits per heavy atom. The van der Waals surface area contributed by atoms with Gasteiger partial charge in [-0.25, -0.2) is 4.98 Å². The normalized spacial score (nSPS) is 9.39. The van der Waals surface area contributed by atoms with Crippen molar-refractivity contribution in [1.29, 1.82) is 0 Å². The third-order valence-electron chi connectivity index (χ3n) is 2.41. The van der Waals surface area contributed by atoms with Gasteiger partial charge in [-0.2, -0.15) is 0 Å². The number of carboxylic acid groups (broad SMARTS) is 1. The van der Waals surface area contributed by atoms with Crippen LogP contribution in [0, 0.1) is 0 Å². The van der Waals surface area contributed by atoms with Crippen molar-refractivity contribution in [2.75, 3.05) is 5.32 Å². The van der Waals surface area contributed by atoms with Crippen molar-refractivity contribution in [3.05, 3.63) is 47.0 Å². The van der Waals surface area contributed by atoms with Gasteiger partial charge < -0.3 is 15.2 Å². The second kappa shape index (κ2) is 8.85. The van der Waals surface area contributed by atoms with E-state index in [0.29, 0.717) is 5.56 Å². The molecule has 1 amide bonds. The molecule has 0 aliphatic rings. The van der Waals surface area contributed by atoms with Crippen molar-refractivity contribution in [1.82, 2.24) is 10.3 Å². The molecule has 2 aromatic rings. The first-order chi connectivity index (χ1) is 10.5. The first-order valence-electron chi connectivity index (χ1n) is 5.86. The van der Waals surface area contributed by atoms with Crippen LogP contribution in [0.3, 0.4) is 0 Å². The van der Waals surface area contributed by atoms with Gasteiger partial charge in [0, 0.05) is 10.9 Å². The maximum absolute atomic E-state index is 11.9. The fourth-order valence-corrected chi connectivity index (χ4v) is 2.38. The Kier molecular flexibility index (Phi) is 7.46. The number of hydrogen-bond donors (Lipinski definition) is 2. The molecule has 0 bridgehead atoms. The van der Waals surface area contributed by atoms with Gasteiger partial charge in [-0.15, -0.1) is 11.3 Å². The van der Waals surface area contributed by atoms with E-state index in [-0.39, 0.29) is 45.5 Å². The second-order valence-corrected chi connectivity index (χ2v) is 5.20. The fraction of sp³-hybridized carbons (Fsp3) is 0. The molecule has 2 N–H and O–H groups in total. The van der Waals surface area contributed by atoms with Crippen LogP contribution in [0.25, 0.3) is 0 Å². The molecular formula is C13H8N3NaO4S2. The van der Waals surface area contributed by atoms with E-state index < -0.39 is 17.7 Å². The number of hydrogen-bond acceptors (Lipinski definition) is 7. The monoisotopic (exact) mass is 357 g/mol. The van der Waals surface area contributed by atoms with Gasteiger partial charge in [0.15, 0.2) is 10.2 Å². The molecule has 0 unspecified atom stereocenters. The van der Waals surface area contributed by atoms with Crippen LogP contribution in [0.5, 0.6) is 0 Å². The standard InChI is InChI=1S/C13H9N3O4S2.Na/c17-9(11(19)20)8-6-22-13(14-8)16-12(21)15-10(18)7-4-2-1-3-5-7;/h1-6H,(H,19,20)(H2,14,15,16,18,21);/q;+1/p-1. The van der Waals surface area contributed by atoms with Crippen LogP contribution in [0.4, 0.5) is 5.13 Å². The van der Waals surface area contributed by atoms with Crippen LogP contribution < -0.4 is 45.3 Å². The number of carbonyl (C=O) groups excluding carboxylic acids is 3. The topological polar surface area (TPSA) is 111 Å². The predicted octanol–water partition coefficient (Wildman–Crippen LogP) is -2.79. The van der Waals surface area contributed by atoms with Crippen molar-refractivity contribution in [2.24, 2.45) is 0 Å². The van der Waals surface area contributed by atoms with Crippen molar-refractivity contribution >= 4 is 51.5 Å². The zero-order chi connectivity index (χ0) is 16.1. The SMILES string of the molecule is O=C([O-])C(=O)c1csc(NC(=S)NC(=O)c2ccccc2)n1.[Na+]. The summed E-state index contributed by atoms with van der Waals surface area (Å²) in [7, 11) is 0. The molecule has 112 valence electrons. The first kappa shape index (κ1) is 19.4. The first-order valence-corrected chi connectivity index (χ1v) is 7.14. The quantitative estimate of drug-likeness (QED) is 0.263. The molecule has 1 heterocycles. The molecule has 0 radical (unpaired) electrons. The van der Waals surface area contributed by atoms with Gasteiger partial charge in [-0.1, -0.05) is 18.2 Å². The van der Waals surface area contributed by atoms with E-state index in [0.717, 1.165) is 11.3 Å². The summed E-state index contributed by atoms with van der Waals surface area (Å²) in [6.07, 6.45) is 0. The molecule has 2 rings (SSSR count). The smallest absolute Gasteiger partial charge is 0.541 e. The predicted molar refractivity (Wildman–Crippen MR) is 81.6 cm³/mol. The molecule has 0 atom stereocenters. The molecule has 0 spiro atoms. The molecule has 0 saturated carbocycles. The Labute approximate surface area is 162 Å². The van der Waals surface area contributed by atoms with Crippen molar-refractivity contribution < 1.29 is 49.0 Å². The summed E-state index contributed by atoms with van der Waals surface area (Å²) >= 11 is 5.92. The number of aliphatic carboxylic acids is 1. The Morgan fingerprint density at radius 3 is 2.43 bits per heavy atom. The molecule has 0 aliphatic carbocycles. The van der Waals surface area contributed by atoms with Gasteiger partial charge in [0.2, 0.25) is 5.78 Å². The molecule has 23 heavy (non-hydrogen) atoms. The number of benzene rings is 1. The summed E-state index contributed by atoms with van der Waals surface area (Å²) < 4.78 is 0. The Bertz CT molecular complexity index is 749. The summed E-state index contributed by atoms with van der Waals surface area (Å²) in [5.74, 6) is -3.46. The largest absolute Gasteiger partial charge is 1.00 e. The van der Waals surface area contributed by atoms with E-state index in [9.17, 15) is 19.5 Å². The molecule has 1 aromatic carbocycles. The number of thiocarbonyl (C=S) groups is 1. The third-order valence-corrected chi connectivity index (χ3v) is 3.37. The number of nitrogens with zero attached hydrogens (tertiary/aromatic N) is 1. The van der Waals surface area contributed by atoms with E-state index in [2.05, 4.69) is 15.6 Å². The molecule has 10 heteroatoms. The van der Waals surface area contributed by atoms with Crippen molar-refractivity contribution in [2.45, 2.75) is 0 Å². The van der Waals surface area contributed by atoms with Gasteiger partial charge in [0.25, 0.3) is 5.91 Å². The molecule has 7 nitrogen and oxygen atoms in total. The van der Waals surface area contributed by atoms with E-state index in [1.54, 1.807) is 30.3 Å². The number of carboxylic acids is 1. The summed E-state index contributed by atoms with van der Waals surface area (Å²) in [6, 6.07) is 8.45. The van der Waals surface area contributed by atoms with Crippen LogP contribution in [0.15, 0.2) is 35.7 Å². The zero-order valence-corrected chi connectivity index (χ0v) is 15.5. The number of rotatable bonds is 4. The Hall–Kier alpha value is -1.65. The summed E-state index contributed by atoms with van der Waals surface area (Å²) in [5, 5.41) is 16.9. The number of Topliss-reactive ketones (excluding diaryl/α,β-unsaturated/α-hetero) is 1.